The van der Waals surface area contributed by atoms with Crippen LogP contribution in [0.1, 0.15) is 30.4 Å². The van der Waals surface area contributed by atoms with Crippen LogP contribution in [-0.2, 0) is 13.0 Å². The maximum atomic E-state index is 12.3. The van der Waals surface area contributed by atoms with Crippen molar-refractivity contribution in [1.29, 1.82) is 0 Å². The summed E-state index contributed by atoms with van der Waals surface area (Å²) < 4.78 is 43.6. The summed E-state index contributed by atoms with van der Waals surface area (Å²) in [6, 6.07) is 1.20. The van der Waals surface area contributed by atoms with Crippen molar-refractivity contribution in [3.8, 4) is 0 Å². The van der Waals surface area contributed by atoms with Crippen LogP contribution in [0.5, 0.6) is 0 Å². The Hall–Kier alpha value is -1.83. The maximum Gasteiger partial charge on any atom is 0.418 e. The molecular formula is C11H12F3N3O2. The topological polar surface area (TPSA) is 64.1 Å². The molecule has 0 radical (unpaired) electrons. The smallest absolute Gasteiger partial charge is 0.418 e. The number of alkyl halides is 3. The highest BCUT2D eigenvalue weighted by atomic mass is 19.4. The number of rotatable bonds is 4. The summed E-state index contributed by atoms with van der Waals surface area (Å²) in [4.78, 5) is 0. The lowest BCUT2D eigenvalue weighted by atomic mass is 10.2. The lowest BCUT2D eigenvalue weighted by molar-refractivity contribution is -0.206. The van der Waals surface area contributed by atoms with Gasteiger partial charge in [-0.1, -0.05) is 6.92 Å². The zero-order valence-corrected chi connectivity index (χ0v) is 10.1. The van der Waals surface area contributed by atoms with Crippen molar-refractivity contribution in [1.82, 2.24) is 14.8 Å². The summed E-state index contributed by atoms with van der Waals surface area (Å²) in [7, 11) is 0. The fourth-order valence-corrected chi connectivity index (χ4v) is 1.56. The Balaban J connectivity index is 2.09. The van der Waals surface area contributed by atoms with Crippen LogP contribution in [-0.4, -0.2) is 26.0 Å². The average Bonchev–Trinajstić information content (AvgIpc) is 2.96. The van der Waals surface area contributed by atoms with Gasteiger partial charge < -0.3 is 14.1 Å². The predicted octanol–water partition coefficient (Wildman–Crippen LogP) is 2.08. The van der Waals surface area contributed by atoms with Crippen LogP contribution >= 0.6 is 0 Å². The van der Waals surface area contributed by atoms with Gasteiger partial charge in [-0.15, -0.1) is 10.2 Å². The highest BCUT2D eigenvalue weighted by molar-refractivity contribution is 5.15. The number of aliphatic hydroxyl groups is 1. The fourth-order valence-electron chi connectivity index (χ4n) is 1.56. The average molecular weight is 275 g/mol. The van der Waals surface area contributed by atoms with Crippen molar-refractivity contribution in [2.75, 3.05) is 0 Å². The minimum absolute atomic E-state index is 0.164. The molecule has 0 bridgehead atoms. The van der Waals surface area contributed by atoms with Crippen molar-refractivity contribution in [3.05, 3.63) is 35.8 Å². The SMILES string of the molecule is CCc1nnc(Cn2ccc(C(O)C(F)(F)F)c2)o1. The lowest BCUT2D eigenvalue weighted by Crippen LogP contribution is -2.19. The van der Waals surface area contributed by atoms with E-state index >= 15 is 0 Å². The zero-order chi connectivity index (χ0) is 14.0. The van der Waals surface area contributed by atoms with Crippen LogP contribution in [0.15, 0.2) is 22.9 Å². The molecule has 0 aliphatic heterocycles. The Kier molecular flexibility index (Phi) is 3.61. The molecule has 0 amide bonds. The molecule has 0 spiro atoms. The molecule has 1 unspecified atom stereocenters. The highest BCUT2D eigenvalue weighted by Gasteiger charge is 2.39. The highest BCUT2D eigenvalue weighted by Crippen LogP contribution is 2.32. The van der Waals surface area contributed by atoms with Crippen LogP contribution < -0.4 is 0 Å². The second-order valence-electron chi connectivity index (χ2n) is 4.00. The van der Waals surface area contributed by atoms with Gasteiger partial charge >= 0.3 is 6.18 Å². The summed E-state index contributed by atoms with van der Waals surface area (Å²) in [6.45, 7) is 2.02. The number of aliphatic hydroxyl groups excluding tert-OH is 1. The van der Waals surface area contributed by atoms with E-state index in [-0.39, 0.29) is 12.1 Å². The van der Waals surface area contributed by atoms with Crippen molar-refractivity contribution in [3.63, 3.8) is 0 Å². The molecule has 0 aromatic carbocycles. The third-order valence-electron chi connectivity index (χ3n) is 2.53. The molecule has 2 rings (SSSR count). The number of hydrogen-bond donors (Lipinski definition) is 1. The summed E-state index contributed by atoms with van der Waals surface area (Å²) >= 11 is 0. The van der Waals surface area contributed by atoms with Gasteiger partial charge in [-0.3, -0.25) is 0 Å². The molecule has 0 fully saturated rings. The fraction of sp³-hybridized carbons (Fsp3) is 0.455. The third-order valence-corrected chi connectivity index (χ3v) is 2.53. The van der Waals surface area contributed by atoms with Crippen molar-refractivity contribution >= 4 is 0 Å². The van der Waals surface area contributed by atoms with Crippen molar-refractivity contribution < 1.29 is 22.7 Å². The van der Waals surface area contributed by atoms with Gasteiger partial charge in [0.15, 0.2) is 6.10 Å². The van der Waals surface area contributed by atoms with E-state index in [1.165, 1.54) is 23.0 Å². The first-order chi connectivity index (χ1) is 8.90. The molecule has 0 saturated carbocycles. The zero-order valence-electron chi connectivity index (χ0n) is 10.1. The minimum atomic E-state index is -4.67. The molecule has 1 N–H and O–H groups in total. The molecule has 2 aromatic rings. The van der Waals surface area contributed by atoms with E-state index in [0.29, 0.717) is 18.2 Å². The Morgan fingerprint density at radius 1 is 1.37 bits per heavy atom. The van der Waals surface area contributed by atoms with Gasteiger partial charge in [-0.05, 0) is 6.07 Å². The lowest BCUT2D eigenvalue weighted by Gasteiger charge is -2.12. The largest absolute Gasteiger partial charge is 0.423 e. The van der Waals surface area contributed by atoms with E-state index in [9.17, 15) is 13.2 Å². The second-order valence-corrected chi connectivity index (χ2v) is 4.00. The maximum absolute atomic E-state index is 12.3. The molecule has 1 atom stereocenters. The van der Waals surface area contributed by atoms with Crippen LogP contribution in [0.4, 0.5) is 13.2 Å². The number of halogens is 3. The number of aryl methyl sites for hydroxylation is 1. The molecule has 0 saturated heterocycles. The first kappa shape index (κ1) is 13.6. The van der Waals surface area contributed by atoms with Gasteiger partial charge in [0.25, 0.3) is 0 Å². The molecule has 104 valence electrons. The van der Waals surface area contributed by atoms with Crippen LogP contribution in [0.3, 0.4) is 0 Å². The van der Waals surface area contributed by atoms with E-state index in [4.69, 9.17) is 9.52 Å². The Labute approximate surface area is 106 Å². The monoisotopic (exact) mass is 275 g/mol. The summed E-state index contributed by atoms with van der Waals surface area (Å²) in [5.41, 5.74) is -0.220. The Morgan fingerprint density at radius 2 is 2.05 bits per heavy atom. The predicted molar refractivity (Wildman–Crippen MR) is 58.2 cm³/mol. The quantitative estimate of drug-likeness (QED) is 0.927. The third kappa shape index (κ3) is 3.14. The number of aromatic nitrogens is 3. The van der Waals surface area contributed by atoms with Gasteiger partial charge in [0.1, 0.15) is 6.54 Å². The van der Waals surface area contributed by atoms with Crippen LogP contribution in [0.2, 0.25) is 0 Å². The van der Waals surface area contributed by atoms with E-state index < -0.39 is 12.3 Å². The minimum Gasteiger partial charge on any atom is -0.423 e. The number of hydrogen-bond acceptors (Lipinski definition) is 4. The van der Waals surface area contributed by atoms with E-state index in [1.54, 1.807) is 0 Å². The second kappa shape index (κ2) is 5.04. The van der Waals surface area contributed by atoms with Crippen LogP contribution in [0.25, 0.3) is 0 Å². The molecule has 2 aromatic heterocycles. The molecule has 0 aliphatic rings. The van der Waals surface area contributed by atoms with Gasteiger partial charge in [-0.2, -0.15) is 13.2 Å². The molecule has 0 aliphatic carbocycles. The van der Waals surface area contributed by atoms with Gasteiger partial charge in [0, 0.05) is 24.4 Å². The summed E-state index contributed by atoms with van der Waals surface area (Å²) in [5.74, 6) is 0.776. The van der Waals surface area contributed by atoms with E-state index in [2.05, 4.69) is 10.2 Å². The van der Waals surface area contributed by atoms with E-state index in [1.807, 2.05) is 6.92 Å². The molecular weight excluding hydrogens is 263 g/mol. The van der Waals surface area contributed by atoms with E-state index in [0.717, 1.165) is 0 Å². The standard InChI is InChI=1S/C11H12F3N3O2/c1-2-8-15-16-9(19-8)6-17-4-3-7(5-17)10(18)11(12,13)14/h3-5,10,18H,2,6H2,1H3. The van der Waals surface area contributed by atoms with Crippen LogP contribution in [0, 0.1) is 0 Å². The molecule has 8 heteroatoms. The Morgan fingerprint density at radius 3 is 2.63 bits per heavy atom. The summed E-state index contributed by atoms with van der Waals surface area (Å²) in [5, 5.41) is 16.6. The molecule has 19 heavy (non-hydrogen) atoms. The van der Waals surface area contributed by atoms with Gasteiger partial charge in [0.2, 0.25) is 11.8 Å². The first-order valence-electron chi connectivity index (χ1n) is 5.62. The number of nitrogens with zero attached hydrogens (tertiary/aromatic N) is 3. The van der Waals surface area contributed by atoms with Crippen molar-refractivity contribution in [2.24, 2.45) is 0 Å². The Bertz CT molecular complexity index is 547. The van der Waals surface area contributed by atoms with Gasteiger partial charge in [0.05, 0.1) is 0 Å². The first-order valence-corrected chi connectivity index (χ1v) is 5.62. The molecule has 5 nitrogen and oxygen atoms in total. The summed E-state index contributed by atoms with van der Waals surface area (Å²) in [6.07, 6.45) is -3.95. The van der Waals surface area contributed by atoms with Crippen molar-refractivity contribution in [2.45, 2.75) is 32.2 Å². The molecule has 2 heterocycles. The normalized spacial score (nSPS) is 13.7. The van der Waals surface area contributed by atoms with Gasteiger partial charge in [-0.25, -0.2) is 0 Å².